The number of phenols is 1. The number of thiazole rings is 1. The number of ether oxygens (including phenoxy) is 1. The van der Waals surface area contributed by atoms with Crippen LogP contribution in [-0.4, -0.2) is 27.2 Å². The molecular formula is C31H27N3O6S. The fourth-order valence-electron chi connectivity index (χ4n) is 4.75. The Morgan fingerprint density at radius 1 is 1.15 bits per heavy atom. The molecule has 0 unspecified atom stereocenters. The standard InChI is InChI=1S/C31H27N3O6S/c1-4-40-30(37)26-27(21-8-6-5-7-9-21)32-31-33(28(26)22-13-11-20(12-14-22)18(2)3)29(36)25(41-31)17-19-10-15-24(35)23(16-19)34(38)39/h5-18,28,35H,4H2,1-3H3/b25-17-/t28-/m1/s1. The molecule has 0 saturated carbocycles. The predicted octanol–water partition coefficient (Wildman–Crippen LogP) is 4.67. The third-order valence-electron chi connectivity index (χ3n) is 6.79. The summed E-state index contributed by atoms with van der Waals surface area (Å²) in [6.07, 6.45) is 1.52. The highest BCUT2D eigenvalue weighted by molar-refractivity contribution is 7.07. The first-order valence-electron chi connectivity index (χ1n) is 13.0. The summed E-state index contributed by atoms with van der Waals surface area (Å²) in [6, 6.07) is 20.1. The Bertz CT molecular complexity index is 1850. The normalized spacial score (nSPS) is 15.0. The van der Waals surface area contributed by atoms with Gasteiger partial charge in [0.25, 0.3) is 5.56 Å². The van der Waals surface area contributed by atoms with Crippen LogP contribution in [0.4, 0.5) is 5.69 Å². The van der Waals surface area contributed by atoms with Crippen molar-refractivity contribution in [1.82, 2.24) is 4.57 Å². The quantitative estimate of drug-likeness (QED) is 0.196. The van der Waals surface area contributed by atoms with Crippen molar-refractivity contribution in [2.45, 2.75) is 32.7 Å². The first kappa shape index (κ1) is 27.7. The topological polar surface area (TPSA) is 124 Å². The van der Waals surface area contributed by atoms with Crippen LogP contribution in [0.1, 0.15) is 55.0 Å². The van der Waals surface area contributed by atoms with E-state index in [9.17, 15) is 24.8 Å². The van der Waals surface area contributed by atoms with Crippen LogP contribution in [0.15, 0.2) is 88.2 Å². The van der Waals surface area contributed by atoms with Gasteiger partial charge in [-0.3, -0.25) is 19.5 Å². The molecule has 0 amide bonds. The summed E-state index contributed by atoms with van der Waals surface area (Å²) in [7, 11) is 0. The second kappa shape index (κ2) is 11.3. The first-order chi connectivity index (χ1) is 19.7. The number of nitro benzene ring substituents is 1. The number of rotatable bonds is 7. The van der Waals surface area contributed by atoms with E-state index in [1.807, 2.05) is 54.6 Å². The molecule has 10 heteroatoms. The Balaban J connectivity index is 1.80. The van der Waals surface area contributed by atoms with Gasteiger partial charge in [-0.1, -0.05) is 85.8 Å². The van der Waals surface area contributed by atoms with Crippen molar-refractivity contribution in [3.63, 3.8) is 0 Å². The number of aromatic nitrogens is 1. The Hall–Kier alpha value is -4.83. The first-order valence-corrected chi connectivity index (χ1v) is 13.9. The Morgan fingerprint density at radius 3 is 2.49 bits per heavy atom. The summed E-state index contributed by atoms with van der Waals surface area (Å²) >= 11 is 1.12. The average Bonchev–Trinajstić information content (AvgIpc) is 3.27. The smallest absolute Gasteiger partial charge is 0.338 e. The molecular weight excluding hydrogens is 542 g/mol. The number of hydrogen-bond acceptors (Lipinski definition) is 8. The summed E-state index contributed by atoms with van der Waals surface area (Å²) in [5.41, 5.74) is 2.68. The van der Waals surface area contributed by atoms with Gasteiger partial charge in [-0.15, -0.1) is 0 Å². The molecule has 1 aromatic heterocycles. The molecule has 1 N–H and O–H groups in total. The van der Waals surface area contributed by atoms with Crippen molar-refractivity contribution in [2.75, 3.05) is 6.61 Å². The number of carbonyl (C=O) groups is 1. The minimum absolute atomic E-state index is 0.146. The highest BCUT2D eigenvalue weighted by Crippen LogP contribution is 2.35. The van der Waals surface area contributed by atoms with Gasteiger partial charge in [0.15, 0.2) is 10.6 Å². The molecule has 0 radical (unpaired) electrons. The predicted molar refractivity (Wildman–Crippen MR) is 156 cm³/mol. The maximum absolute atomic E-state index is 14.0. The molecule has 0 aliphatic carbocycles. The minimum Gasteiger partial charge on any atom is -0.502 e. The Labute approximate surface area is 239 Å². The fourth-order valence-corrected chi connectivity index (χ4v) is 5.75. The Kier molecular flexibility index (Phi) is 7.67. The van der Waals surface area contributed by atoms with Crippen LogP contribution in [0, 0.1) is 10.1 Å². The van der Waals surface area contributed by atoms with Crippen molar-refractivity contribution in [2.24, 2.45) is 4.99 Å². The molecule has 1 aliphatic heterocycles. The summed E-state index contributed by atoms with van der Waals surface area (Å²) in [5.74, 6) is -0.748. The SMILES string of the molecule is CCOC(=O)C1=C(c2ccccc2)N=c2s/c(=C\c3ccc(O)c([N+](=O)[O-])c3)c(=O)n2[C@@H]1c1ccc(C(C)C)cc1. The fraction of sp³-hybridized carbons (Fsp3) is 0.194. The molecule has 1 atom stereocenters. The third-order valence-corrected chi connectivity index (χ3v) is 7.77. The average molecular weight is 570 g/mol. The number of fused-ring (bicyclic) bond motifs is 1. The molecule has 0 spiro atoms. The number of nitro groups is 1. The highest BCUT2D eigenvalue weighted by atomic mass is 32.1. The zero-order valence-corrected chi connectivity index (χ0v) is 23.4. The number of esters is 1. The van der Waals surface area contributed by atoms with Gasteiger partial charge in [0.1, 0.15) is 0 Å². The van der Waals surface area contributed by atoms with Crippen molar-refractivity contribution >= 4 is 34.8 Å². The van der Waals surface area contributed by atoms with Gasteiger partial charge in [-0.05, 0) is 41.7 Å². The molecule has 2 heterocycles. The summed E-state index contributed by atoms with van der Waals surface area (Å²) < 4.78 is 7.24. The lowest BCUT2D eigenvalue weighted by Gasteiger charge is -2.26. The van der Waals surface area contributed by atoms with E-state index in [0.29, 0.717) is 33.1 Å². The molecule has 4 aromatic rings. The summed E-state index contributed by atoms with van der Waals surface area (Å²) in [6.45, 7) is 6.04. The van der Waals surface area contributed by atoms with E-state index in [4.69, 9.17) is 9.73 Å². The van der Waals surface area contributed by atoms with Crippen molar-refractivity contribution in [1.29, 1.82) is 0 Å². The van der Waals surface area contributed by atoms with E-state index in [1.165, 1.54) is 28.8 Å². The second-order valence-electron chi connectivity index (χ2n) is 9.76. The van der Waals surface area contributed by atoms with Gasteiger partial charge in [-0.2, -0.15) is 0 Å². The van der Waals surface area contributed by atoms with E-state index in [0.717, 1.165) is 16.9 Å². The van der Waals surface area contributed by atoms with E-state index in [2.05, 4.69) is 13.8 Å². The Morgan fingerprint density at radius 2 is 1.85 bits per heavy atom. The van der Waals surface area contributed by atoms with Gasteiger partial charge in [0.2, 0.25) is 0 Å². The van der Waals surface area contributed by atoms with Crippen LogP contribution in [0.5, 0.6) is 5.75 Å². The van der Waals surface area contributed by atoms with Crippen molar-refractivity contribution < 1.29 is 19.6 Å². The number of benzene rings is 3. The number of carbonyl (C=O) groups excluding carboxylic acids is 1. The molecule has 5 rings (SSSR count). The number of nitrogens with zero attached hydrogens (tertiary/aromatic N) is 3. The number of phenolic OH excluding ortho intramolecular Hbond substituents is 1. The monoisotopic (exact) mass is 569 g/mol. The molecule has 0 fully saturated rings. The zero-order valence-electron chi connectivity index (χ0n) is 22.6. The second-order valence-corrected chi connectivity index (χ2v) is 10.8. The lowest BCUT2D eigenvalue weighted by Crippen LogP contribution is -2.40. The lowest BCUT2D eigenvalue weighted by molar-refractivity contribution is -0.385. The van der Waals surface area contributed by atoms with Gasteiger partial charge in [-0.25, -0.2) is 9.79 Å². The number of hydrogen-bond donors (Lipinski definition) is 1. The zero-order chi connectivity index (χ0) is 29.3. The van der Waals surface area contributed by atoms with E-state index in [1.54, 1.807) is 6.92 Å². The third kappa shape index (κ3) is 5.33. The van der Waals surface area contributed by atoms with Gasteiger partial charge in [0.05, 0.1) is 33.4 Å². The molecule has 1 aliphatic rings. The lowest BCUT2D eigenvalue weighted by atomic mass is 9.91. The van der Waals surface area contributed by atoms with Crippen LogP contribution in [0.3, 0.4) is 0 Å². The van der Waals surface area contributed by atoms with Crippen LogP contribution >= 0.6 is 11.3 Å². The van der Waals surface area contributed by atoms with Gasteiger partial charge in [0, 0.05) is 11.6 Å². The molecule has 3 aromatic carbocycles. The minimum atomic E-state index is -0.821. The van der Waals surface area contributed by atoms with Gasteiger partial charge >= 0.3 is 11.7 Å². The highest BCUT2D eigenvalue weighted by Gasteiger charge is 2.35. The van der Waals surface area contributed by atoms with E-state index >= 15 is 0 Å². The maximum Gasteiger partial charge on any atom is 0.338 e. The summed E-state index contributed by atoms with van der Waals surface area (Å²) in [4.78, 5) is 43.3. The number of aromatic hydroxyl groups is 1. The molecule has 9 nitrogen and oxygen atoms in total. The van der Waals surface area contributed by atoms with E-state index in [-0.39, 0.29) is 16.7 Å². The molecule has 0 saturated heterocycles. The van der Waals surface area contributed by atoms with Crippen molar-refractivity contribution in [3.05, 3.63) is 130 Å². The van der Waals surface area contributed by atoms with Crippen LogP contribution in [0.25, 0.3) is 11.8 Å². The van der Waals surface area contributed by atoms with E-state index < -0.39 is 33.9 Å². The van der Waals surface area contributed by atoms with Crippen LogP contribution in [-0.2, 0) is 9.53 Å². The largest absolute Gasteiger partial charge is 0.502 e. The molecule has 208 valence electrons. The van der Waals surface area contributed by atoms with Crippen LogP contribution < -0.4 is 14.9 Å². The molecule has 41 heavy (non-hydrogen) atoms. The van der Waals surface area contributed by atoms with Crippen molar-refractivity contribution in [3.8, 4) is 5.75 Å². The molecule has 0 bridgehead atoms. The van der Waals surface area contributed by atoms with Gasteiger partial charge < -0.3 is 9.84 Å². The van der Waals surface area contributed by atoms with Crippen LogP contribution in [0.2, 0.25) is 0 Å². The summed E-state index contributed by atoms with van der Waals surface area (Å²) in [5, 5.41) is 21.2. The maximum atomic E-state index is 14.0.